The summed E-state index contributed by atoms with van der Waals surface area (Å²) in [5.41, 5.74) is 0. The first-order chi connectivity index (χ1) is 36.8. The van der Waals surface area contributed by atoms with Gasteiger partial charge in [-0.2, -0.15) is 0 Å². The van der Waals surface area contributed by atoms with Gasteiger partial charge in [0, 0.05) is 267 Å². The van der Waals surface area contributed by atoms with E-state index in [0.29, 0.717) is 0 Å². The third kappa shape index (κ3) is 69.1. The molecule has 0 spiro atoms. The minimum Gasteiger partial charge on any atom is -0.219 e. The van der Waals surface area contributed by atoms with Crippen molar-refractivity contribution in [2.45, 2.75) is 0 Å². The molecule has 0 amide bonds. The van der Waals surface area contributed by atoms with Gasteiger partial charge in [0.2, 0.25) is 0 Å². The van der Waals surface area contributed by atoms with Crippen LogP contribution in [0.5, 0.6) is 0 Å². The van der Waals surface area contributed by atoms with Gasteiger partial charge in [-0.25, -0.2) is 14.4 Å². The highest BCUT2D eigenvalue weighted by Crippen LogP contribution is 2.05. The van der Waals surface area contributed by atoms with Crippen molar-refractivity contribution in [2.75, 3.05) is 0 Å². The summed E-state index contributed by atoms with van der Waals surface area (Å²) >= 11 is 0. The largest absolute Gasteiger partial charge is 0.498 e. The summed E-state index contributed by atoms with van der Waals surface area (Å²) < 4.78 is 23.0. The molecule has 0 unspecified atom stereocenters. The van der Waals surface area contributed by atoms with E-state index in [4.69, 9.17) is 5.26 Å². The molecule has 444 valence electrons. The molecule has 0 aliphatic rings. The molecular formula is HO73P. The maximum atomic E-state index is 9.82. The molecule has 1 N–H and O–H groups in total. The Kier molecular flexibility index (Phi) is 65.4. The van der Waals surface area contributed by atoms with Gasteiger partial charge in [0.05, 0.1) is 0 Å². The topological polar surface area (TPSA) is 700 Å². The van der Waals surface area contributed by atoms with Crippen molar-refractivity contribution < 1.29 is 367 Å². The van der Waals surface area contributed by atoms with Crippen LogP contribution in [0.4, 0.5) is 0 Å². The summed E-state index contributed by atoms with van der Waals surface area (Å²) in [6, 6.07) is 0. The van der Waals surface area contributed by atoms with Crippen LogP contribution >= 0.6 is 7.91 Å². The van der Waals surface area contributed by atoms with Gasteiger partial charge in [0.1, 0.15) is 0 Å². The van der Waals surface area contributed by atoms with Crippen LogP contribution in [0.2, 0.25) is 0 Å². The summed E-state index contributed by atoms with van der Waals surface area (Å²) in [7, 11) is -3.42. The lowest BCUT2D eigenvalue weighted by Crippen LogP contribution is -2.07. The van der Waals surface area contributed by atoms with E-state index in [-0.39, 0.29) is 0 Å². The summed E-state index contributed by atoms with van der Waals surface area (Å²) in [5.74, 6) is 0. The molecule has 0 aromatic carbocycles. The van der Waals surface area contributed by atoms with Gasteiger partial charge < -0.3 is 0 Å². The van der Waals surface area contributed by atoms with Crippen molar-refractivity contribution in [3.05, 3.63) is 0 Å². The fourth-order valence-electron chi connectivity index (χ4n) is 0.798. The van der Waals surface area contributed by atoms with Crippen molar-refractivity contribution in [3.63, 3.8) is 0 Å². The van der Waals surface area contributed by atoms with Gasteiger partial charge in [-0.1, -0.05) is 4.67 Å². The third-order valence-electron chi connectivity index (χ3n) is 1.98. The SMILES string of the molecule is O=P(=O)OOOOOOOOOOOOOOOOOOOOOOOOOOOOOOOOOOOOOOOOOOOOOOOOOOOOOOOOOOOOOOOOOOOOOOO. The molecule has 0 heterocycles. The van der Waals surface area contributed by atoms with E-state index in [1.165, 1.54) is 0 Å². The molecule has 0 radical (unpaired) electrons. The summed E-state index contributed by atoms with van der Waals surface area (Å²) in [4.78, 5) is 0. The van der Waals surface area contributed by atoms with Crippen LogP contribution in [0.15, 0.2) is 0 Å². The predicted octanol–water partition coefficient (Wildman–Crippen LogP) is -4.16. The zero-order chi connectivity index (χ0) is 53.1. The number of hydrogen-bond donors (Lipinski definition) is 1. The Balaban J connectivity index is 3.08. The van der Waals surface area contributed by atoms with E-state index in [1.54, 1.807) is 0 Å². The molecule has 0 aliphatic carbocycles. The molecule has 0 aromatic rings. The predicted molar refractivity (Wildman–Crippen MR) is 86.9 cm³/mol. The molecule has 0 aromatic heterocycles. The minimum absolute atomic E-state index is 2.87. The van der Waals surface area contributed by atoms with Crippen molar-refractivity contribution in [2.24, 2.45) is 0 Å². The fourth-order valence-corrected chi connectivity index (χ4v) is 0.873. The second-order valence-corrected chi connectivity index (χ2v) is 5.60. The molecule has 0 bridgehead atoms. The van der Waals surface area contributed by atoms with Crippen LogP contribution in [-0.4, -0.2) is 5.26 Å². The Morgan fingerprint density at radius 3 is 0.297 bits per heavy atom. The number of hydrogen-bond acceptors (Lipinski definition) is 73. The number of rotatable bonds is 70. The molecule has 0 saturated carbocycles. The van der Waals surface area contributed by atoms with Crippen LogP contribution in [0, 0.1) is 0 Å². The van der Waals surface area contributed by atoms with Crippen LogP contribution in [-0.2, 0) is 361 Å². The standard InChI is InChI=1S/HO73P/c1-4-5-6-7-8-9-10-11-12-13-14-15-16-17-18-19-20-21-22-23-24-25-26-27-28-29-30-31-32-33-34-35-36-37-38-39-40-41-42-43-44-45-46-47-48-49-50-51-52-53-54-55-56-57-58-59-60-61-62-63-64-65-66-67-68-69-70-71-72-73-74(2)3/h1H. The minimum atomic E-state index is -3.42. The van der Waals surface area contributed by atoms with E-state index >= 15 is 0 Å². The van der Waals surface area contributed by atoms with Crippen LogP contribution in [0.1, 0.15) is 0 Å². The zero-order valence-electron chi connectivity index (χ0n) is 30.3. The zero-order valence-corrected chi connectivity index (χ0v) is 31.2. The smallest absolute Gasteiger partial charge is 0.219 e. The Morgan fingerprint density at radius 1 is 0.135 bits per heavy atom. The first-order valence-electron chi connectivity index (χ1n) is 12.2. The lowest BCUT2D eigenvalue weighted by atomic mass is 14.0. The van der Waals surface area contributed by atoms with Gasteiger partial charge in [0.15, 0.2) is 0 Å². The van der Waals surface area contributed by atoms with E-state index in [9.17, 15) is 9.13 Å². The quantitative estimate of drug-likeness (QED) is 0.0261. The fraction of sp³-hybridized carbons (Fsp3) is 0. The second-order valence-electron chi connectivity index (χ2n) is 5.00. The van der Waals surface area contributed by atoms with E-state index < -0.39 is 7.91 Å². The average Bonchev–Trinajstić information content (AvgIpc) is 3.40. The van der Waals surface area contributed by atoms with Crippen LogP contribution in [0.3, 0.4) is 0 Å². The van der Waals surface area contributed by atoms with Crippen molar-refractivity contribution in [1.29, 1.82) is 0 Å². The third-order valence-corrected chi connectivity index (χ3v) is 2.17. The van der Waals surface area contributed by atoms with Crippen molar-refractivity contribution in [1.82, 2.24) is 0 Å². The molecule has 0 rings (SSSR count). The molecule has 74 heavy (non-hydrogen) atoms. The summed E-state index contributed by atoms with van der Waals surface area (Å²) in [5, 5.41) is 247. The van der Waals surface area contributed by atoms with Gasteiger partial charge in [-0.3, -0.25) is 0 Å². The lowest BCUT2D eigenvalue weighted by molar-refractivity contribution is -0.912. The summed E-state index contributed by atoms with van der Waals surface area (Å²) in [6.45, 7) is 0. The van der Waals surface area contributed by atoms with Gasteiger partial charge in [-0.15, -0.1) is 0 Å². The molecule has 0 fully saturated rings. The van der Waals surface area contributed by atoms with Crippen molar-refractivity contribution >= 4 is 7.91 Å². The van der Waals surface area contributed by atoms with Gasteiger partial charge in [0.25, 0.3) is 0 Å². The normalized spacial score (nSPS) is 11.7. The molecular weight excluding hydrogens is 1200 g/mol. The molecule has 0 aliphatic heterocycles. The lowest BCUT2D eigenvalue weighted by Gasteiger charge is -2.00. The average molecular weight is 1200 g/mol. The van der Waals surface area contributed by atoms with E-state index in [2.05, 4.69) is 352 Å². The van der Waals surface area contributed by atoms with Gasteiger partial charge in [-0.05, 0) is 80.6 Å². The van der Waals surface area contributed by atoms with Crippen LogP contribution in [0.25, 0.3) is 0 Å². The highest BCUT2D eigenvalue weighted by atomic mass is 31.1. The molecule has 73 nitrogen and oxygen atoms in total. The Bertz CT molecular complexity index is 1000. The molecule has 74 heteroatoms. The highest BCUT2D eigenvalue weighted by molar-refractivity contribution is 7.24. The Hall–Kier alpha value is -2.94. The van der Waals surface area contributed by atoms with Gasteiger partial charge >= 0.3 is 7.91 Å². The van der Waals surface area contributed by atoms with E-state index in [0.717, 1.165) is 0 Å². The maximum absolute atomic E-state index is 9.82. The van der Waals surface area contributed by atoms with Crippen molar-refractivity contribution in [3.8, 4) is 0 Å². The molecule has 0 saturated heterocycles. The maximum Gasteiger partial charge on any atom is 0.498 e. The monoisotopic (exact) mass is 1200 g/mol. The highest BCUT2D eigenvalue weighted by Gasteiger charge is 2.06. The van der Waals surface area contributed by atoms with E-state index in [1.807, 2.05) is 0 Å². The Morgan fingerprint density at radius 2 is 0.216 bits per heavy atom. The summed E-state index contributed by atoms with van der Waals surface area (Å²) in [6.07, 6.45) is 0. The molecule has 0 atom stereocenters. The first-order valence-corrected chi connectivity index (χ1v) is 13.3. The second kappa shape index (κ2) is 68.1. The van der Waals surface area contributed by atoms with Crippen LogP contribution < -0.4 is 0 Å². The first kappa shape index (κ1) is 71.1. The Labute approximate surface area is 376 Å².